The lowest BCUT2D eigenvalue weighted by atomic mass is 10.3. The zero-order valence-electron chi connectivity index (χ0n) is 13.9. The number of carbonyl (C=O) groups is 2. The molecule has 0 radical (unpaired) electrons. The number of halogens is 1. The summed E-state index contributed by atoms with van der Waals surface area (Å²) in [5.74, 6) is -0.565. The minimum absolute atomic E-state index is 0.0537. The Morgan fingerprint density at radius 3 is 2.85 bits per heavy atom. The topological polar surface area (TPSA) is 94.3 Å². The maximum Gasteiger partial charge on any atom is 0.307 e. The van der Waals surface area contributed by atoms with Gasteiger partial charge in [0.05, 0.1) is 12.1 Å². The molecule has 3 aromatic rings. The summed E-state index contributed by atoms with van der Waals surface area (Å²) in [6, 6.07) is 10.6. The van der Waals surface area contributed by atoms with Gasteiger partial charge in [0.25, 0.3) is 5.91 Å². The summed E-state index contributed by atoms with van der Waals surface area (Å²) >= 11 is 5.88. The van der Waals surface area contributed by atoms with E-state index in [2.05, 4.69) is 15.3 Å². The Balaban J connectivity index is 1.50. The van der Waals surface area contributed by atoms with Crippen LogP contribution in [0.15, 0.2) is 47.0 Å². The molecule has 2 heterocycles. The molecule has 0 fully saturated rings. The number of rotatable bonds is 6. The Morgan fingerprint density at radius 1 is 1.27 bits per heavy atom. The standard InChI is InChI=1S/C18H16ClN3O4/c1-11(18(24)22-13-6-4-10-20-17(13)19)25-16(23)9-8-15-21-12-5-2-3-7-14(12)26-15/h2-7,10-11H,8-9H2,1H3,(H,22,24)/t11-/m0/s1. The maximum atomic E-state index is 12.1. The number of fused-ring (bicyclic) bond motifs is 1. The quantitative estimate of drug-likeness (QED) is 0.525. The van der Waals surface area contributed by atoms with E-state index < -0.39 is 18.0 Å². The molecule has 7 nitrogen and oxygen atoms in total. The molecule has 0 aliphatic rings. The maximum absolute atomic E-state index is 12.1. The van der Waals surface area contributed by atoms with Gasteiger partial charge in [0.15, 0.2) is 22.7 Å². The SMILES string of the molecule is C[C@H](OC(=O)CCc1nc2ccccc2o1)C(=O)Nc1cccnc1Cl. The molecular formula is C18H16ClN3O4. The molecule has 1 N–H and O–H groups in total. The van der Waals surface area contributed by atoms with Crippen LogP contribution in [0.25, 0.3) is 11.1 Å². The van der Waals surface area contributed by atoms with Crippen LogP contribution in [-0.2, 0) is 20.7 Å². The number of nitrogens with one attached hydrogen (secondary N) is 1. The number of esters is 1. The average Bonchev–Trinajstić information content (AvgIpc) is 3.05. The lowest BCUT2D eigenvalue weighted by molar-refractivity contribution is -0.153. The number of amides is 1. The number of hydrogen-bond acceptors (Lipinski definition) is 6. The number of anilines is 1. The van der Waals surface area contributed by atoms with Gasteiger partial charge in [0.2, 0.25) is 0 Å². The highest BCUT2D eigenvalue weighted by Crippen LogP contribution is 2.18. The molecule has 0 spiro atoms. The predicted octanol–water partition coefficient (Wildman–Crippen LogP) is 3.38. The lowest BCUT2D eigenvalue weighted by Gasteiger charge is -2.13. The molecule has 0 saturated carbocycles. The Kier molecular flexibility index (Phi) is 5.48. The van der Waals surface area contributed by atoms with Crippen molar-refractivity contribution in [2.45, 2.75) is 25.9 Å². The Hall–Kier alpha value is -2.93. The van der Waals surface area contributed by atoms with Crippen LogP contribution in [0.2, 0.25) is 5.15 Å². The van der Waals surface area contributed by atoms with Gasteiger partial charge in [-0.05, 0) is 31.2 Å². The molecule has 2 aromatic heterocycles. The van der Waals surface area contributed by atoms with Crippen molar-refractivity contribution in [1.82, 2.24) is 9.97 Å². The second-order valence-electron chi connectivity index (χ2n) is 5.54. The van der Waals surface area contributed by atoms with Gasteiger partial charge < -0.3 is 14.5 Å². The van der Waals surface area contributed by atoms with E-state index in [0.717, 1.165) is 5.52 Å². The van der Waals surface area contributed by atoms with Crippen molar-refractivity contribution in [3.8, 4) is 0 Å². The van der Waals surface area contributed by atoms with E-state index >= 15 is 0 Å². The summed E-state index contributed by atoms with van der Waals surface area (Å²) in [7, 11) is 0. The highest BCUT2D eigenvalue weighted by molar-refractivity contribution is 6.32. The van der Waals surface area contributed by atoms with Crippen molar-refractivity contribution in [3.05, 3.63) is 53.6 Å². The van der Waals surface area contributed by atoms with Gasteiger partial charge in [-0.3, -0.25) is 9.59 Å². The van der Waals surface area contributed by atoms with E-state index in [0.29, 0.717) is 17.2 Å². The number of pyridine rings is 1. The predicted molar refractivity (Wildman–Crippen MR) is 95.8 cm³/mol. The number of nitrogens with zero attached hydrogens (tertiary/aromatic N) is 2. The summed E-state index contributed by atoms with van der Waals surface area (Å²) in [4.78, 5) is 32.2. The van der Waals surface area contributed by atoms with Crippen LogP contribution in [0.1, 0.15) is 19.2 Å². The summed E-state index contributed by atoms with van der Waals surface area (Å²) in [5.41, 5.74) is 1.75. The van der Waals surface area contributed by atoms with E-state index in [9.17, 15) is 9.59 Å². The molecule has 0 saturated heterocycles. The molecule has 1 aromatic carbocycles. The second kappa shape index (κ2) is 7.97. The molecule has 0 bridgehead atoms. The van der Waals surface area contributed by atoms with Crippen LogP contribution in [0.3, 0.4) is 0 Å². The van der Waals surface area contributed by atoms with Gasteiger partial charge in [-0.2, -0.15) is 0 Å². The number of oxazole rings is 1. The molecule has 1 amide bonds. The highest BCUT2D eigenvalue weighted by atomic mass is 35.5. The van der Waals surface area contributed by atoms with Crippen LogP contribution in [-0.4, -0.2) is 27.9 Å². The van der Waals surface area contributed by atoms with Crippen molar-refractivity contribution in [1.29, 1.82) is 0 Å². The van der Waals surface area contributed by atoms with E-state index in [1.807, 2.05) is 18.2 Å². The van der Waals surface area contributed by atoms with Crippen LogP contribution in [0, 0.1) is 0 Å². The molecule has 0 unspecified atom stereocenters. The minimum Gasteiger partial charge on any atom is -0.453 e. The Labute approximate surface area is 154 Å². The minimum atomic E-state index is -0.970. The van der Waals surface area contributed by atoms with Gasteiger partial charge in [0.1, 0.15) is 5.52 Å². The Morgan fingerprint density at radius 2 is 2.08 bits per heavy atom. The molecule has 3 rings (SSSR count). The number of para-hydroxylation sites is 2. The molecule has 134 valence electrons. The third-order valence-electron chi connectivity index (χ3n) is 3.58. The van der Waals surface area contributed by atoms with E-state index in [-0.39, 0.29) is 18.0 Å². The number of ether oxygens (including phenoxy) is 1. The first-order valence-corrected chi connectivity index (χ1v) is 8.36. The first-order valence-electron chi connectivity index (χ1n) is 7.98. The molecular weight excluding hydrogens is 358 g/mol. The Bertz CT molecular complexity index is 908. The van der Waals surface area contributed by atoms with Crippen molar-refractivity contribution in [2.75, 3.05) is 5.32 Å². The van der Waals surface area contributed by atoms with E-state index in [4.69, 9.17) is 20.8 Å². The first kappa shape index (κ1) is 17.9. The van der Waals surface area contributed by atoms with E-state index in [1.54, 1.807) is 18.2 Å². The van der Waals surface area contributed by atoms with Gasteiger partial charge >= 0.3 is 5.97 Å². The molecule has 26 heavy (non-hydrogen) atoms. The zero-order valence-corrected chi connectivity index (χ0v) is 14.7. The largest absolute Gasteiger partial charge is 0.453 e. The average molecular weight is 374 g/mol. The third kappa shape index (κ3) is 4.37. The molecule has 0 aliphatic carbocycles. The van der Waals surface area contributed by atoms with Crippen molar-refractivity contribution < 1.29 is 18.7 Å². The fraction of sp³-hybridized carbons (Fsp3) is 0.222. The summed E-state index contributed by atoms with van der Waals surface area (Å²) in [5, 5.41) is 2.73. The van der Waals surface area contributed by atoms with Gasteiger partial charge in [-0.25, -0.2) is 9.97 Å². The van der Waals surface area contributed by atoms with Crippen molar-refractivity contribution in [2.24, 2.45) is 0 Å². The molecule has 0 aliphatic heterocycles. The van der Waals surface area contributed by atoms with Gasteiger partial charge in [-0.1, -0.05) is 23.7 Å². The third-order valence-corrected chi connectivity index (χ3v) is 3.88. The van der Waals surface area contributed by atoms with Crippen LogP contribution < -0.4 is 5.32 Å². The van der Waals surface area contributed by atoms with Crippen LogP contribution >= 0.6 is 11.6 Å². The normalized spacial score (nSPS) is 11.9. The molecule has 8 heteroatoms. The first-order chi connectivity index (χ1) is 12.5. The summed E-state index contributed by atoms with van der Waals surface area (Å²) in [6.07, 6.45) is 0.879. The molecule has 1 atom stereocenters. The number of benzene rings is 1. The lowest BCUT2D eigenvalue weighted by Crippen LogP contribution is -2.30. The highest BCUT2D eigenvalue weighted by Gasteiger charge is 2.19. The second-order valence-corrected chi connectivity index (χ2v) is 5.90. The monoisotopic (exact) mass is 373 g/mol. The summed E-state index contributed by atoms with van der Waals surface area (Å²) < 4.78 is 10.7. The van der Waals surface area contributed by atoms with Gasteiger partial charge in [-0.15, -0.1) is 0 Å². The van der Waals surface area contributed by atoms with Gasteiger partial charge in [0, 0.05) is 12.6 Å². The van der Waals surface area contributed by atoms with Crippen molar-refractivity contribution in [3.63, 3.8) is 0 Å². The fourth-order valence-electron chi connectivity index (χ4n) is 2.26. The zero-order chi connectivity index (χ0) is 18.5. The fourth-order valence-corrected chi connectivity index (χ4v) is 2.43. The van der Waals surface area contributed by atoms with Crippen LogP contribution in [0.4, 0.5) is 5.69 Å². The smallest absolute Gasteiger partial charge is 0.307 e. The number of aryl methyl sites for hydroxylation is 1. The van der Waals surface area contributed by atoms with Crippen molar-refractivity contribution >= 4 is 40.3 Å². The summed E-state index contributed by atoms with van der Waals surface area (Å²) in [6.45, 7) is 1.48. The van der Waals surface area contributed by atoms with E-state index in [1.165, 1.54) is 13.1 Å². The number of carbonyl (C=O) groups excluding carboxylic acids is 2. The number of hydrogen-bond donors (Lipinski definition) is 1. The van der Waals surface area contributed by atoms with Crippen LogP contribution in [0.5, 0.6) is 0 Å². The number of aromatic nitrogens is 2.